The third kappa shape index (κ3) is 3.52. The predicted octanol–water partition coefficient (Wildman–Crippen LogP) is 1.24. The van der Waals surface area contributed by atoms with Crippen LogP contribution < -0.4 is 5.73 Å². The smallest absolute Gasteiger partial charge is 0.118 e. The molecule has 0 radical (unpaired) electrons. The molecule has 0 aromatic heterocycles. The second kappa shape index (κ2) is 4.21. The van der Waals surface area contributed by atoms with E-state index < -0.39 is 5.72 Å². The van der Waals surface area contributed by atoms with Gasteiger partial charge in [-0.15, -0.1) is 0 Å². The molecule has 3 heteroatoms. The van der Waals surface area contributed by atoms with E-state index in [1.165, 1.54) is 0 Å². The van der Waals surface area contributed by atoms with E-state index in [0.29, 0.717) is 5.92 Å². The van der Waals surface area contributed by atoms with E-state index >= 15 is 0 Å². The Morgan fingerprint density at radius 1 is 1.25 bits per heavy atom. The predicted molar refractivity (Wildman–Crippen MR) is 51.7 cm³/mol. The fourth-order valence-corrected chi connectivity index (χ4v) is 0.609. The van der Waals surface area contributed by atoms with Crippen molar-refractivity contribution in [3.63, 3.8) is 0 Å². The van der Waals surface area contributed by atoms with Gasteiger partial charge in [0.25, 0.3) is 0 Å². The highest BCUT2D eigenvalue weighted by atomic mass is 16.5. The van der Waals surface area contributed by atoms with Gasteiger partial charge in [0.2, 0.25) is 0 Å². The van der Waals surface area contributed by atoms with Gasteiger partial charge in [0.1, 0.15) is 12.0 Å². The maximum Gasteiger partial charge on any atom is 0.118 e. The summed E-state index contributed by atoms with van der Waals surface area (Å²) in [6, 6.07) is 0. The van der Waals surface area contributed by atoms with E-state index in [0.717, 1.165) is 0 Å². The van der Waals surface area contributed by atoms with Crippen LogP contribution in [0.15, 0.2) is 0 Å². The maximum atomic E-state index is 5.95. The monoisotopic (exact) mass is 174 g/mol. The molecule has 0 aromatic carbocycles. The Labute approximate surface area is 75.9 Å². The minimum Gasteiger partial charge on any atom is -0.343 e. The van der Waals surface area contributed by atoms with Crippen LogP contribution in [-0.2, 0) is 4.74 Å². The highest BCUT2D eigenvalue weighted by Gasteiger charge is 2.26. The molecule has 0 aromatic rings. The van der Waals surface area contributed by atoms with E-state index in [2.05, 4.69) is 13.8 Å². The average Bonchev–Trinajstić information content (AvgIpc) is 1.85. The van der Waals surface area contributed by atoms with Crippen LogP contribution in [0, 0.1) is 5.92 Å². The maximum absolute atomic E-state index is 5.95. The van der Waals surface area contributed by atoms with Crippen molar-refractivity contribution in [2.45, 2.75) is 39.6 Å². The molecule has 0 aliphatic carbocycles. The quantitative estimate of drug-likeness (QED) is 0.652. The number of hydrogen-bond acceptors (Lipinski definition) is 3. The van der Waals surface area contributed by atoms with E-state index in [9.17, 15) is 0 Å². The molecule has 0 saturated carbocycles. The average molecular weight is 174 g/mol. The van der Waals surface area contributed by atoms with E-state index in [-0.39, 0.29) is 6.23 Å². The van der Waals surface area contributed by atoms with E-state index in [4.69, 9.17) is 10.5 Å². The zero-order valence-electron chi connectivity index (χ0n) is 9.09. The first kappa shape index (κ1) is 11.9. The second-order valence-corrected chi connectivity index (χ2v) is 4.02. The lowest BCUT2D eigenvalue weighted by Gasteiger charge is -2.34. The molecule has 0 bridgehead atoms. The Hall–Kier alpha value is -0.120. The first-order valence-corrected chi connectivity index (χ1v) is 4.40. The molecule has 3 nitrogen and oxygen atoms in total. The lowest BCUT2D eigenvalue weighted by molar-refractivity contribution is -0.144. The topological polar surface area (TPSA) is 38.5 Å². The molecule has 0 amide bonds. The van der Waals surface area contributed by atoms with Crippen LogP contribution >= 0.6 is 0 Å². The molecular formula is C9H22N2O. The second-order valence-electron chi connectivity index (χ2n) is 4.02. The summed E-state index contributed by atoms with van der Waals surface area (Å²) < 4.78 is 5.66. The Morgan fingerprint density at radius 3 is 1.92 bits per heavy atom. The minimum absolute atomic E-state index is 0.0578. The van der Waals surface area contributed by atoms with Gasteiger partial charge in [-0.25, -0.2) is 0 Å². The van der Waals surface area contributed by atoms with Gasteiger partial charge in [-0.2, -0.15) is 0 Å². The van der Waals surface area contributed by atoms with Crippen LogP contribution in [0.1, 0.15) is 27.7 Å². The van der Waals surface area contributed by atoms with Crippen molar-refractivity contribution in [1.29, 1.82) is 0 Å². The lowest BCUT2D eigenvalue weighted by atomic mass is 10.0. The zero-order valence-corrected chi connectivity index (χ0v) is 9.09. The Bertz CT molecular complexity index is 132. The summed E-state index contributed by atoms with van der Waals surface area (Å²) in [5, 5.41) is 0. The van der Waals surface area contributed by atoms with Crippen LogP contribution in [0.5, 0.6) is 0 Å². The van der Waals surface area contributed by atoms with Crippen LogP contribution in [0.2, 0.25) is 0 Å². The Morgan fingerprint density at radius 2 is 1.67 bits per heavy atom. The van der Waals surface area contributed by atoms with Gasteiger partial charge >= 0.3 is 0 Å². The summed E-state index contributed by atoms with van der Waals surface area (Å²) in [6.45, 7) is 8.02. The molecule has 0 aliphatic heterocycles. The van der Waals surface area contributed by atoms with Crippen LogP contribution in [0.25, 0.3) is 0 Å². The summed E-state index contributed by atoms with van der Waals surface area (Å²) in [4.78, 5) is 1.99. The largest absolute Gasteiger partial charge is 0.343 e. The van der Waals surface area contributed by atoms with Gasteiger partial charge in [0.05, 0.1) is 0 Å². The third-order valence-electron chi connectivity index (χ3n) is 2.30. The highest BCUT2D eigenvalue weighted by molar-refractivity contribution is 4.71. The van der Waals surface area contributed by atoms with Gasteiger partial charge in [0, 0.05) is 0 Å². The van der Waals surface area contributed by atoms with Gasteiger partial charge in [0.15, 0.2) is 0 Å². The summed E-state index contributed by atoms with van der Waals surface area (Å²) >= 11 is 0. The first-order valence-electron chi connectivity index (χ1n) is 4.40. The molecule has 2 atom stereocenters. The zero-order chi connectivity index (χ0) is 9.94. The third-order valence-corrected chi connectivity index (χ3v) is 2.30. The molecule has 2 N–H and O–H groups in total. The minimum atomic E-state index is -0.538. The van der Waals surface area contributed by atoms with Crippen LogP contribution in [0.4, 0.5) is 0 Å². The molecule has 0 aliphatic rings. The molecule has 0 saturated heterocycles. The van der Waals surface area contributed by atoms with E-state index in [1.807, 2.05) is 32.8 Å². The number of rotatable bonds is 4. The van der Waals surface area contributed by atoms with Crippen molar-refractivity contribution >= 4 is 0 Å². The molecule has 12 heavy (non-hydrogen) atoms. The first-order chi connectivity index (χ1) is 5.27. The molecule has 2 unspecified atom stereocenters. The summed E-state index contributed by atoms with van der Waals surface area (Å²) in [6.07, 6.45) is 0.0578. The van der Waals surface area contributed by atoms with Gasteiger partial charge in [-0.1, -0.05) is 13.8 Å². The number of hydrogen-bond donors (Lipinski definition) is 1. The molecular weight excluding hydrogens is 152 g/mol. The SMILES string of the molecule is CC(OC(C)(N)C(C)C)N(C)C. The molecule has 0 heterocycles. The van der Waals surface area contributed by atoms with Crippen molar-refractivity contribution in [3.8, 4) is 0 Å². The molecule has 0 rings (SSSR count). The summed E-state index contributed by atoms with van der Waals surface area (Å²) in [5.74, 6) is 0.319. The fraction of sp³-hybridized carbons (Fsp3) is 1.00. The van der Waals surface area contributed by atoms with Crippen LogP contribution in [0.3, 0.4) is 0 Å². The van der Waals surface area contributed by atoms with Gasteiger partial charge in [-0.3, -0.25) is 4.90 Å². The lowest BCUT2D eigenvalue weighted by Crippen LogP contribution is -2.49. The Kier molecular flexibility index (Phi) is 4.17. The fourth-order valence-electron chi connectivity index (χ4n) is 0.609. The summed E-state index contributed by atoms with van der Waals surface area (Å²) in [5.41, 5.74) is 5.41. The van der Waals surface area contributed by atoms with Crippen molar-refractivity contribution in [2.75, 3.05) is 14.1 Å². The molecule has 74 valence electrons. The van der Waals surface area contributed by atoms with Crippen molar-refractivity contribution in [2.24, 2.45) is 11.7 Å². The molecule has 0 fully saturated rings. The summed E-state index contributed by atoms with van der Waals surface area (Å²) in [7, 11) is 3.95. The van der Waals surface area contributed by atoms with E-state index in [1.54, 1.807) is 0 Å². The number of nitrogens with zero attached hydrogens (tertiary/aromatic N) is 1. The standard InChI is InChI=1S/C9H22N2O/c1-7(2)9(4,10)12-8(3)11(5)6/h7-8H,10H2,1-6H3. The van der Waals surface area contributed by atoms with Crippen molar-refractivity contribution in [3.05, 3.63) is 0 Å². The van der Waals surface area contributed by atoms with Gasteiger partial charge < -0.3 is 10.5 Å². The Balaban J connectivity index is 4.05. The highest BCUT2D eigenvalue weighted by Crippen LogP contribution is 2.17. The number of ether oxygens (including phenoxy) is 1. The van der Waals surface area contributed by atoms with Gasteiger partial charge in [-0.05, 0) is 33.9 Å². The van der Waals surface area contributed by atoms with Crippen molar-refractivity contribution < 1.29 is 4.74 Å². The number of nitrogens with two attached hydrogens (primary N) is 1. The van der Waals surface area contributed by atoms with Crippen LogP contribution in [-0.4, -0.2) is 30.9 Å². The molecule has 0 spiro atoms. The van der Waals surface area contributed by atoms with Crippen molar-refractivity contribution in [1.82, 2.24) is 4.90 Å². The normalized spacial score (nSPS) is 19.8.